The number of amides is 1. The molecule has 8 heteroatoms. The molecule has 8 nitrogen and oxygen atoms in total. The van der Waals surface area contributed by atoms with Crippen molar-refractivity contribution in [3.8, 4) is 28.7 Å². The van der Waals surface area contributed by atoms with Gasteiger partial charge in [-0.05, 0) is 35.9 Å². The third kappa shape index (κ3) is 3.18. The molecule has 2 aromatic rings. The van der Waals surface area contributed by atoms with Gasteiger partial charge in [0.15, 0.2) is 28.7 Å². The largest absolute Gasteiger partial charge is 0.504 e. The van der Waals surface area contributed by atoms with Crippen LogP contribution < -0.4 is 5.43 Å². The van der Waals surface area contributed by atoms with Crippen LogP contribution in [0.15, 0.2) is 35.4 Å². The van der Waals surface area contributed by atoms with Crippen molar-refractivity contribution < 1.29 is 30.3 Å². The molecule has 0 radical (unpaired) electrons. The van der Waals surface area contributed by atoms with Gasteiger partial charge in [-0.1, -0.05) is 0 Å². The number of carbonyl (C=O) groups excluding carboxylic acids is 1. The molecule has 0 atom stereocenters. The van der Waals surface area contributed by atoms with Gasteiger partial charge in [-0.25, -0.2) is 5.43 Å². The van der Waals surface area contributed by atoms with Crippen LogP contribution in [0, 0.1) is 0 Å². The molecule has 0 aliphatic carbocycles. The van der Waals surface area contributed by atoms with Crippen molar-refractivity contribution in [2.75, 3.05) is 0 Å². The molecule has 0 fully saturated rings. The van der Waals surface area contributed by atoms with Crippen molar-refractivity contribution in [3.63, 3.8) is 0 Å². The predicted molar refractivity (Wildman–Crippen MR) is 76.3 cm³/mol. The van der Waals surface area contributed by atoms with E-state index in [4.69, 9.17) is 5.11 Å². The normalized spacial score (nSPS) is 10.7. The number of phenols is 5. The quantitative estimate of drug-likeness (QED) is 0.283. The predicted octanol–water partition coefficient (Wildman–Crippen LogP) is 0.978. The molecule has 22 heavy (non-hydrogen) atoms. The lowest BCUT2D eigenvalue weighted by Crippen LogP contribution is -2.17. The summed E-state index contributed by atoms with van der Waals surface area (Å²) in [6.45, 7) is 0. The van der Waals surface area contributed by atoms with E-state index in [2.05, 4.69) is 10.5 Å². The third-order valence-electron chi connectivity index (χ3n) is 2.71. The maximum Gasteiger partial charge on any atom is 0.271 e. The van der Waals surface area contributed by atoms with E-state index >= 15 is 0 Å². The number of hydrogen-bond acceptors (Lipinski definition) is 7. The van der Waals surface area contributed by atoms with Gasteiger partial charge in [-0.3, -0.25) is 4.79 Å². The molecule has 114 valence electrons. The zero-order chi connectivity index (χ0) is 16.3. The number of hydrazone groups is 1. The first kappa shape index (κ1) is 15.0. The van der Waals surface area contributed by atoms with Crippen LogP contribution in [-0.4, -0.2) is 37.7 Å². The summed E-state index contributed by atoms with van der Waals surface area (Å²) in [4.78, 5) is 11.8. The zero-order valence-corrected chi connectivity index (χ0v) is 11.1. The van der Waals surface area contributed by atoms with Crippen LogP contribution in [-0.2, 0) is 0 Å². The minimum absolute atomic E-state index is 0.112. The molecule has 1 amide bonds. The molecule has 0 heterocycles. The first-order valence-electron chi connectivity index (χ1n) is 5.99. The highest BCUT2D eigenvalue weighted by Crippen LogP contribution is 2.35. The van der Waals surface area contributed by atoms with E-state index in [-0.39, 0.29) is 17.1 Å². The molecule has 0 unspecified atom stereocenters. The lowest BCUT2D eigenvalue weighted by molar-refractivity contribution is 0.0954. The number of rotatable bonds is 3. The molecular weight excluding hydrogens is 292 g/mol. The van der Waals surface area contributed by atoms with Crippen molar-refractivity contribution in [1.82, 2.24) is 5.43 Å². The Hall–Kier alpha value is -3.42. The molecule has 2 aromatic carbocycles. The van der Waals surface area contributed by atoms with E-state index in [0.717, 1.165) is 12.1 Å². The number of nitrogens with zero attached hydrogens (tertiary/aromatic N) is 1. The van der Waals surface area contributed by atoms with Crippen LogP contribution in [0.2, 0.25) is 0 Å². The minimum atomic E-state index is -0.732. The molecule has 0 saturated carbocycles. The van der Waals surface area contributed by atoms with Gasteiger partial charge in [0.2, 0.25) is 0 Å². The fourth-order valence-electron chi connectivity index (χ4n) is 1.59. The van der Waals surface area contributed by atoms with Crippen LogP contribution in [0.5, 0.6) is 28.7 Å². The molecule has 6 N–H and O–H groups in total. The fourth-order valence-corrected chi connectivity index (χ4v) is 1.59. The Morgan fingerprint density at radius 1 is 0.909 bits per heavy atom. The topological polar surface area (TPSA) is 143 Å². The molecule has 0 aliphatic rings. The van der Waals surface area contributed by atoms with E-state index in [1.807, 2.05) is 0 Å². The Balaban J connectivity index is 2.09. The highest BCUT2D eigenvalue weighted by molar-refractivity contribution is 5.96. The van der Waals surface area contributed by atoms with Gasteiger partial charge < -0.3 is 25.5 Å². The standard InChI is InChI=1S/C14H12N2O6/c17-9-2-1-7(3-10(9)18)6-15-16-14(22)8-4-11(19)13(21)12(20)5-8/h1-6,17-21H,(H,16,22)/b15-6+. The van der Waals surface area contributed by atoms with Crippen LogP contribution >= 0.6 is 0 Å². The number of carbonyl (C=O) groups is 1. The summed E-state index contributed by atoms with van der Waals surface area (Å²) in [5.41, 5.74) is 2.45. The second-order valence-electron chi connectivity index (χ2n) is 4.31. The van der Waals surface area contributed by atoms with Gasteiger partial charge in [-0.2, -0.15) is 5.10 Å². The van der Waals surface area contributed by atoms with E-state index in [0.29, 0.717) is 5.56 Å². The summed E-state index contributed by atoms with van der Waals surface area (Å²) < 4.78 is 0. The molecule has 0 spiro atoms. The van der Waals surface area contributed by atoms with Crippen LogP contribution in [0.3, 0.4) is 0 Å². The van der Waals surface area contributed by atoms with Crippen molar-refractivity contribution in [2.45, 2.75) is 0 Å². The molecule has 0 bridgehead atoms. The van der Waals surface area contributed by atoms with Crippen LogP contribution in [0.25, 0.3) is 0 Å². The Kier molecular flexibility index (Phi) is 4.03. The highest BCUT2D eigenvalue weighted by Gasteiger charge is 2.12. The Bertz CT molecular complexity index is 734. The first-order chi connectivity index (χ1) is 10.4. The monoisotopic (exact) mass is 304 g/mol. The first-order valence-corrected chi connectivity index (χ1v) is 5.99. The van der Waals surface area contributed by atoms with Crippen molar-refractivity contribution in [2.24, 2.45) is 5.10 Å². The molecular formula is C14H12N2O6. The number of hydrogen-bond donors (Lipinski definition) is 6. The Morgan fingerprint density at radius 2 is 1.55 bits per heavy atom. The molecule has 2 rings (SSSR count). The zero-order valence-electron chi connectivity index (χ0n) is 11.1. The fraction of sp³-hybridized carbons (Fsp3) is 0. The maximum atomic E-state index is 11.8. The average Bonchev–Trinajstić information content (AvgIpc) is 2.47. The average molecular weight is 304 g/mol. The third-order valence-corrected chi connectivity index (χ3v) is 2.71. The number of nitrogens with one attached hydrogen (secondary N) is 1. The number of benzene rings is 2. The van der Waals surface area contributed by atoms with Crippen LogP contribution in [0.1, 0.15) is 15.9 Å². The van der Waals surface area contributed by atoms with Crippen molar-refractivity contribution >= 4 is 12.1 Å². The number of aromatic hydroxyl groups is 5. The summed E-state index contributed by atoms with van der Waals surface area (Å²) >= 11 is 0. The summed E-state index contributed by atoms with van der Waals surface area (Å²) in [6, 6.07) is 5.89. The Labute approximate surface area is 124 Å². The minimum Gasteiger partial charge on any atom is -0.504 e. The van der Waals surface area contributed by atoms with Gasteiger partial charge in [0.25, 0.3) is 5.91 Å². The van der Waals surface area contributed by atoms with Gasteiger partial charge >= 0.3 is 0 Å². The maximum absolute atomic E-state index is 11.8. The highest BCUT2D eigenvalue weighted by atomic mass is 16.3. The van der Waals surface area contributed by atoms with Crippen molar-refractivity contribution in [1.29, 1.82) is 0 Å². The van der Waals surface area contributed by atoms with Gasteiger partial charge in [0, 0.05) is 5.56 Å². The van der Waals surface area contributed by atoms with E-state index in [9.17, 15) is 25.2 Å². The smallest absolute Gasteiger partial charge is 0.271 e. The van der Waals surface area contributed by atoms with Crippen LogP contribution in [0.4, 0.5) is 0 Å². The molecule has 0 aromatic heterocycles. The van der Waals surface area contributed by atoms with Crippen molar-refractivity contribution in [3.05, 3.63) is 41.5 Å². The second-order valence-corrected chi connectivity index (χ2v) is 4.31. The lowest BCUT2D eigenvalue weighted by Gasteiger charge is -2.04. The van der Waals surface area contributed by atoms with Gasteiger partial charge in [0.1, 0.15) is 0 Å². The van der Waals surface area contributed by atoms with Gasteiger partial charge in [0.05, 0.1) is 6.21 Å². The van der Waals surface area contributed by atoms with E-state index in [1.165, 1.54) is 24.4 Å². The summed E-state index contributed by atoms with van der Waals surface area (Å²) in [5, 5.41) is 49.9. The SMILES string of the molecule is O=C(N/N=C/c1ccc(O)c(O)c1)c1cc(O)c(O)c(O)c1. The second kappa shape index (κ2) is 5.92. The lowest BCUT2D eigenvalue weighted by atomic mass is 10.2. The molecule has 0 aliphatic heterocycles. The van der Waals surface area contributed by atoms with E-state index < -0.39 is 23.2 Å². The summed E-state index contributed by atoms with van der Waals surface area (Å²) in [5.74, 6) is -3.35. The number of phenolic OH excluding ortho intramolecular Hbond substituents is 5. The van der Waals surface area contributed by atoms with Gasteiger partial charge in [-0.15, -0.1) is 0 Å². The summed E-state index contributed by atoms with van der Waals surface area (Å²) in [7, 11) is 0. The summed E-state index contributed by atoms with van der Waals surface area (Å²) in [6.07, 6.45) is 1.22. The Morgan fingerprint density at radius 3 is 2.14 bits per heavy atom. The van der Waals surface area contributed by atoms with E-state index in [1.54, 1.807) is 0 Å². The molecule has 0 saturated heterocycles.